The zero-order valence-corrected chi connectivity index (χ0v) is 20.2. The van der Waals surface area contributed by atoms with Crippen LogP contribution in [0.15, 0.2) is 52.1 Å². The number of anilines is 1. The molecule has 3 N–H and O–H groups in total. The number of aliphatic imine (C=N–C) groups is 1. The summed E-state index contributed by atoms with van der Waals surface area (Å²) in [5, 5.41) is 23.4. The van der Waals surface area contributed by atoms with Crippen molar-refractivity contribution < 1.29 is 4.42 Å². The summed E-state index contributed by atoms with van der Waals surface area (Å²) in [6, 6.07) is 14.0. The highest BCUT2D eigenvalue weighted by Gasteiger charge is 2.22. The predicted octanol–water partition coefficient (Wildman–Crippen LogP) is 2.93. The fraction of sp³-hybridized carbons (Fsp3) is 0.364. The van der Waals surface area contributed by atoms with Crippen LogP contribution in [0.25, 0.3) is 11.6 Å². The minimum Gasteiger partial charge on any atom is -0.461 e. The van der Waals surface area contributed by atoms with Gasteiger partial charge in [0.1, 0.15) is 11.9 Å². The molecule has 2 aromatic heterocycles. The molecule has 32 heavy (non-hydrogen) atoms. The summed E-state index contributed by atoms with van der Waals surface area (Å²) in [5.41, 5.74) is 1.71. The van der Waals surface area contributed by atoms with E-state index in [4.69, 9.17) is 4.42 Å². The van der Waals surface area contributed by atoms with Gasteiger partial charge in [0.05, 0.1) is 17.5 Å². The minimum absolute atomic E-state index is 0. The Morgan fingerprint density at radius 3 is 3.00 bits per heavy atom. The Kier molecular flexibility index (Phi) is 8.49. The molecule has 1 aromatic carbocycles. The van der Waals surface area contributed by atoms with Crippen LogP contribution in [0.5, 0.6) is 0 Å². The van der Waals surface area contributed by atoms with Crippen LogP contribution < -0.4 is 15.5 Å². The molecule has 0 bridgehead atoms. The van der Waals surface area contributed by atoms with E-state index in [1.165, 1.54) is 0 Å². The van der Waals surface area contributed by atoms with Crippen LogP contribution in [0, 0.1) is 11.3 Å². The summed E-state index contributed by atoms with van der Waals surface area (Å²) in [4.78, 5) is 11.1. The van der Waals surface area contributed by atoms with E-state index in [9.17, 15) is 5.26 Å². The van der Waals surface area contributed by atoms with Crippen molar-refractivity contribution in [1.82, 2.24) is 25.8 Å². The molecule has 10 heteroatoms. The first kappa shape index (κ1) is 23.6. The molecule has 0 radical (unpaired) electrons. The highest BCUT2D eigenvalue weighted by atomic mass is 127. The van der Waals surface area contributed by atoms with E-state index in [1.807, 2.05) is 36.4 Å². The number of furan rings is 1. The summed E-state index contributed by atoms with van der Waals surface area (Å²) in [6.45, 7) is 2.45. The van der Waals surface area contributed by atoms with Crippen molar-refractivity contribution in [3.05, 3.63) is 54.0 Å². The number of benzene rings is 1. The van der Waals surface area contributed by atoms with Crippen LogP contribution in [0.2, 0.25) is 0 Å². The molecule has 3 aromatic rings. The van der Waals surface area contributed by atoms with Gasteiger partial charge < -0.3 is 20.0 Å². The van der Waals surface area contributed by atoms with E-state index in [0.717, 1.165) is 43.4 Å². The number of aromatic nitrogens is 3. The number of nitrogens with zero attached hydrogens (tertiary/aromatic N) is 5. The highest BCUT2D eigenvalue weighted by molar-refractivity contribution is 14.0. The molecule has 4 rings (SSSR count). The van der Waals surface area contributed by atoms with Crippen LogP contribution in [0.3, 0.4) is 0 Å². The molecule has 0 aliphatic carbocycles. The molecular weight excluding hydrogens is 519 g/mol. The summed E-state index contributed by atoms with van der Waals surface area (Å²) < 4.78 is 5.32. The topological polar surface area (TPSA) is 118 Å². The van der Waals surface area contributed by atoms with Crippen molar-refractivity contribution >= 4 is 35.6 Å². The summed E-state index contributed by atoms with van der Waals surface area (Å²) in [5.74, 6) is 2.74. The molecule has 1 aliphatic rings. The van der Waals surface area contributed by atoms with E-state index >= 15 is 0 Å². The molecule has 0 amide bonds. The zero-order chi connectivity index (χ0) is 21.5. The van der Waals surface area contributed by atoms with Crippen LogP contribution in [-0.2, 0) is 6.42 Å². The average molecular weight is 546 g/mol. The second-order valence-electron chi connectivity index (χ2n) is 7.39. The Bertz CT molecular complexity index is 1060. The molecule has 0 saturated carbocycles. The zero-order valence-electron chi connectivity index (χ0n) is 17.9. The van der Waals surface area contributed by atoms with Gasteiger partial charge in [0.15, 0.2) is 11.7 Å². The number of hydrogen-bond donors (Lipinski definition) is 3. The van der Waals surface area contributed by atoms with Gasteiger partial charge >= 0.3 is 0 Å². The number of para-hydroxylation sites is 1. The second kappa shape index (κ2) is 11.5. The van der Waals surface area contributed by atoms with Gasteiger partial charge in [-0.25, -0.2) is 4.98 Å². The van der Waals surface area contributed by atoms with Crippen molar-refractivity contribution in [3.63, 3.8) is 0 Å². The predicted molar refractivity (Wildman–Crippen MR) is 134 cm³/mol. The van der Waals surface area contributed by atoms with Gasteiger partial charge in [-0.3, -0.25) is 10.1 Å². The number of hydrogen-bond acceptors (Lipinski definition) is 6. The molecule has 168 valence electrons. The van der Waals surface area contributed by atoms with Gasteiger partial charge in [-0.1, -0.05) is 12.1 Å². The normalized spacial score (nSPS) is 16.2. The number of nitriles is 1. The first-order valence-corrected chi connectivity index (χ1v) is 10.4. The Balaban J connectivity index is 0.00000289. The minimum atomic E-state index is 0. The number of H-pyrrole nitrogens is 1. The van der Waals surface area contributed by atoms with Crippen molar-refractivity contribution in [3.8, 4) is 17.7 Å². The van der Waals surface area contributed by atoms with E-state index in [2.05, 4.69) is 41.8 Å². The van der Waals surface area contributed by atoms with Gasteiger partial charge in [-0.15, -0.1) is 24.0 Å². The van der Waals surface area contributed by atoms with Gasteiger partial charge in [-0.05, 0) is 37.1 Å². The van der Waals surface area contributed by atoms with Crippen molar-refractivity contribution in [2.45, 2.75) is 25.3 Å². The third-order valence-corrected chi connectivity index (χ3v) is 5.28. The number of halogens is 1. The molecule has 3 heterocycles. The lowest BCUT2D eigenvalue weighted by molar-refractivity contribution is 0.468. The Morgan fingerprint density at radius 2 is 2.22 bits per heavy atom. The lowest BCUT2D eigenvalue weighted by Gasteiger charge is -2.35. The molecular formula is C22H27IN8O. The van der Waals surface area contributed by atoms with Gasteiger partial charge in [0.25, 0.3) is 0 Å². The maximum Gasteiger partial charge on any atom is 0.216 e. The third kappa shape index (κ3) is 5.79. The summed E-state index contributed by atoms with van der Waals surface area (Å²) in [7, 11) is 1.77. The van der Waals surface area contributed by atoms with Gasteiger partial charge in [0.2, 0.25) is 5.82 Å². The quantitative estimate of drug-likeness (QED) is 0.247. The van der Waals surface area contributed by atoms with Crippen LogP contribution in [-0.4, -0.2) is 53.9 Å². The van der Waals surface area contributed by atoms with Crippen molar-refractivity contribution in [2.75, 3.05) is 31.6 Å². The van der Waals surface area contributed by atoms with E-state index in [0.29, 0.717) is 30.1 Å². The van der Waals surface area contributed by atoms with Crippen LogP contribution in [0.4, 0.5) is 5.69 Å². The smallest absolute Gasteiger partial charge is 0.216 e. The number of piperidine rings is 1. The Labute approximate surface area is 204 Å². The molecule has 0 spiro atoms. The summed E-state index contributed by atoms with van der Waals surface area (Å²) in [6.07, 6.45) is 4.40. The monoisotopic (exact) mass is 546 g/mol. The summed E-state index contributed by atoms with van der Waals surface area (Å²) >= 11 is 0. The van der Waals surface area contributed by atoms with Crippen molar-refractivity contribution in [1.29, 1.82) is 5.26 Å². The molecule has 1 unspecified atom stereocenters. The fourth-order valence-electron chi connectivity index (χ4n) is 3.77. The molecule has 1 aliphatic heterocycles. The second-order valence-corrected chi connectivity index (χ2v) is 7.39. The SMILES string of the molecule is CN=C(NCCc1nc(-c2ccco2)n[nH]1)NC1CCCN(c2ccccc2C#N)C1.I. The number of rotatable bonds is 6. The maximum atomic E-state index is 9.41. The number of guanidine groups is 1. The Hall–Kier alpha value is -3.07. The number of nitrogens with one attached hydrogen (secondary N) is 3. The fourth-order valence-corrected chi connectivity index (χ4v) is 3.77. The lowest BCUT2D eigenvalue weighted by atomic mass is 10.0. The first-order chi connectivity index (χ1) is 15.3. The largest absolute Gasteiger partial charge is 0.461 e. The van der Waals surface area contributed by atoms with Crippen LogP contribution >= 0.6 is 24.0 Å². The molecule has 1 saturated heterocycles. The standard InChI is InChI=1S/C22H26N8O.HI/c1-24-22(25-11-10-20-27-21(29-28-20)19-9-5-13-31-19)26-17-7-4-12-30(15-17)18-8-3-2-6-16(18)14-23;/h2-3,5-6,8-9,13,17H,4,7,10-12,15H2,1H3,(H2,24,25,26)(H,27,28,29);1H. The molecule has 1 atom stereocenters. The van der Waals surface area contributed by atoms with Gasteiger partial charge in [0, 0.05) is 39.1 Å². The Morgan fingerprint density at radius 1 is 1.34 bits per heavy atom. The van der Waals surface area contributed by atoms with Crippen LogP contribution in [0.1, 0.15) is 24.2 Å². The number of aromatic amines is 1. The maximum absolute atomic E-state index is 9.41. The van der Waals surface area contributed by atoms with E-state index in [-0.39, 0.29) is 30.0 Å². The van der Waals surface area contributed by atoms with Gasteiger partial charge in [-0.2, -0.15) is 10.4 Å². The molecule has 1 fully saturated rings. The average Bonchev–Trinajstić information content (AvgIpc) is 3.51. The van der Waals surface area contributed by atoms with E-state index < -0.39 is 0 Å². The van der Waals surface area contributed by atoms with Crippen molar-refractivity contribution in [2.24, 2.45) is 4.99 Å². The molecule has 9 nitrogen and oxygen atoms in total. The lowest BCUT2D eigenvalue weighted by Crippen LogP contribution is -2.51. The highest BCUT2D eigenvalue weighted by Crippen LogP contribution is 2.23. The third-order valence-electron chi connectivity index (χ3n) is 5.28. The first-order valence-electron chi connectivity index (χ1n) is 10.4. The van der Waals surface area contributed by atoms with E-state index in [1.54, 1.807) is 13.3 Å².